The van der Waals surface area contributed by atoms with Gasteiger partial charge in [-0.05, 0) is 71.8 Å². The van der Waals surface area contributed by atoms with Gasteiger partial charge in [-0.1, -0.05) is 19.3 Å². The monoisotopic (exact) mass is 622 g/mol. The fourth-order valence-corrected chi connectivity index (χ4v) is 8.30. The van der Waals surface area contributed by atoms with E-state index in [1.807, 2.05) is 40.0 Å². The van der Waals surface area contributed by atoms with Crippen LogP contribution in [0.25, 0.3) is 20.8 Å². The molecule has 1 aliphatic heterocycles. The molecule has 5 atom stereocenters. The molecule has 0 spiro atoms. The van der Waals surface area contributed by atoms with Gasteiger partial charge in [-0.25, -0.2) is 9.97 Å². The summed E-state index contributed by atoms with van der Waals surface area (Å²) in [6.45, 7) is 9.85. The number of anilines is 2. The van der Waals surface area contributed by atoms with Gasteiger partial charge in [0, 0.05) is 31.2 Å². The number of thiazole rings is 1. The van der Waals surface area contributed by atoms with E-state index in [1.54, 1.807) is 11.3 Å². The summed E-state index contributed by atoms with van der Waals surface area (Å²) < 4.78 is 20.3. The van der Waals surface area contributed by atoms with E-state index < -0.39 is 5.60 Å². The molecule has 3 saturated carbocycles. The molecule has 3 aliphatic carbocycles. The fourth-order valence-electron chi connectivity index (χ4n) is 7.19. The number of pyridine rings is 1. The standard InChI is InChI=1S/C33H46N6O4S/c1-18-25(30-38-26-19(2)34-13-12-24(26)44-30)29(39-32(36-18)35-14-15-41-17-20-10-11-20)37-23-16-22(33(3,4)40)27-28(23)43-31(42-27)21-8-6-5-7-9-21/h12-13,20-23,27-28,31,40H,5-11,14-17H2,1-4H3,(H2,35,36,37,39)/t22-,23+,27+,28-,31?/m0/s1. The second-order valence-corrected chi connectivity index (χ2v) is 14.8. The highest BCUT2D eigenvalue weighted by atomic mass is 32.1. The molecule has 4 aliphatic rings. The average molecular weight is 623 g/mol. The van der Waals surface area contributed by atoms with Crippen molar-refractivity contribution in [3.63, 3.8) is 0 Å². The van der Waals surface area contributed by atoms with Gasteiger partial charge in [-0.2, -0.15) is 4.98 Å². The first-order chi connectivity index (χ1) is 21.2. The topological polar surface area (TPSA) is 124 Å². The van der Waals surface area contributed by atoms with Crippen molar-refractivity contribution >= 4 is 33.3 Å². The molecule has 3 aromatic rings. The summed E-state index contributed by atoms with van der Waals surface area (Å²) in [6, 6.07) is 1.92. The van der Waals surface area contributed by atoms with Crippen LogP contribution in [0.5, 0.6) is 0 Å². The highest BCUT2D eigenvalue weighted by Crippen LogP contribution is 2.47. The molecule has 0 radical (unpaired) electrons. The molecule has 4 heterocycles. The zero-order valence-corrected chi connectivity index (χ0v) is 27.2. The van der Waals surface area contributed by atoms with E-state index in [0.29, 0.717) is 37.3 Å². The van der Waals surface area contributed by atoms with E-state index >= 15 is 0 Å². The van der Waals surface area contributed by atoms with Crippen LogP contribution in [0.2, 0.25) is 0 Å². The van der Waals surface area contributed by atoms with Gasteiger partial charge >= 0.3 is 0 Å². The Bertz CT molecular complexity index is 1470. The van der Waals surface area contributed by atoms with Gasteiger partial charge < -0.3 is 30.0 Å². The lowest BCUT2D eigenvalue weighted by molar-refractivity contribution is -0.136. The molecule has 1 unspecified atom stereocenters. The summed E-state index contributed by atoms with van der Waals surface area (Å²) in [5.41, 5.74) is 2.62. The van der Waals surface area contributed by atoms with Crippen LogP contribution < -0.4 is 10.6 Å². The minimum Gasteiger partial charge on any atom is -0.390 e. The smallest absolute Gasteiger partial charge is 0.224 e. The van der Waals surface area contributed by atoms with Crippen LogP contribution in [-0.4, -0.2) is 74.9 Å². The normalized spacial score (nSPS) is 27.6. The Morgan fingerprint density at radius 2 is 1.82 bits per heavy atom. The van der Waals surface area contributed by atoms with Crippen molar-refractivity contribution in [1.82, 2.24) is 19.9 Å². The van der Waals surface area contributed by atoms with Gasteiger partial charge in [0.05, 0.1) is 46.0 Å². The lowest BCUT2D eigenvalue weighted by atomic mass is 9.87. The number of hydrogen-bond acceptors (Lipinski definition) is 11. The second-order valence-electron chi connectivity index (χ2n) is 13.8. The molecule has 11 heteroatoms. The van der Waals surface area contributed by atoms with Crippen molar-refractivity contribution in [2.75, 3.05) is 30.4 Å². The minimum atomic E-state index is -0.903. The van der Waals surface area contributed by atoms with Crippen molar-refractivity contribution in [2.45, 2.75) is 109 Å². The van der Waals surface area contributed by atoms with Crippen molar-refractivity contribution in [2.24, 2.45) is 17.8 Å². The number of aryl methyl sites for hydroxylation is 2. The van der Waals surface area contributed by atoms with Crippen LogP contribution in [0.15, 0.2) is 12.3 Å². The average Bonchev–Trinajstić information content (AvgIpc) is 3.39. The summed E-state index contributed by atoms with van der Waals surface area (Å²) in [5.74, 6) is 2.35. The number of aromatic nitrogens is 4. The molecule has 3 aromatic heterocycles. The Morgan fingerprint density at radius 1 is 1.02 bits per heavy atom. The van der Waals surface area contributed by atoms with Crippen molar-refractivity contribution < 1.29 is 19.3 Å². The number of rotatable bonds is 11. The van der Waals surface area contributed by atoms with Crippen LogP contribution in [0.3, 0.4) is 0 Å². The predicted molar refractivity (Wildman–Crippen MR) is 172 cm³/mol. The largest absolute Gasteiger partial charge is 0.390 e. The summed E-state index contributed by atoms with van der Waals surface area (Å²) >= 11 is 1.63. The molecule has 3 N–H and O–H groups in total. The van der Waals surface area contributed by atoms with E-state index in [4.69, 9.17) is 29.2 Å². The van der Waals surface area contributed by atoms with E-state index in [0.717, 1.165) is 57.5 Å². The zero-order chi connectivity index (χ0) is 30.4. The third kappa shape index (κ3) is 6.31. The summed E-state index contributed by atoms with van der Waals surface area (Å²) in [6.07, 6.45) is 10.5. The van der Waals surface area contributed by atoms with Crippen LogP contribution in [-0.2, 0) is 14.2 Å². The number of aliphatic hydroxyl groups is 1. The fraction of sp³-hybridized carbons (Fsp3) is 0.697. The molecule has 238 valence electrons. The van der Waals surface area contributed by atoms with Crippen LogP contribution in [0.4, 0.5) is 11.8 Å². The molecule has 44 heavy (non-hydrogen) atoms. The minimum absolute atomic E-state index is 0.0673. The van der Waals surface area contributed by atoms with Gasteiger partial charge in [0.1, 0.15) is 22.4 Å². The molecule has 0 bridgehead atoms. The Morgan fingerprint density at radius 3 is 2.57 bits per heavy atom. The first-order valence-corrected chi connectivity index (χ1v) is 17.3. The molecule has 4 fully saturated rings. The molecule has 10 nitrogen and oxygen atoms in total. The van der Waals surface area contributed by atoms with Gasteiger partial charge in [0.25, 0.3) is 0 Å². The quantitative estimate of drug-likeness (QED) is 0.224. The molecular weight excluding hydrogens is 576 g/mol. The molecular formula is C33H46N6O4S. The number of ether oxygens (including phenoxy) is 3. The van der Waals surface area contributed by atoms with Gasteiger partial charge in [-0.3, -0.25) is 4.98 Å². The Balaban J connectivity index is 1.18. The SMILES string of the molecule is Cc1nc(NCCOCC2CC2)nc(N[C@@H]2C[C@H](C(C)(C)O)[C@H]3OC(C4CCCCC4)O[C@H]32)c1-c1nc2c(C)nccc2s1. The van der Waals surface area contributed by atoms with Crippen LogP contribution in [0.1, 0.15) is 76.6 Å². The summed E-state index contributed by atoms with van der Waals surface area (Å²) in [4.78, 5) is 19.3. The van der Waals surface area contributed by atoms with Crippen LogP contribution >= 0.6 is 11.3 Å². The highest BCUT2D eigenvalue weighted by molar-refractivity contribution is 7.21. The predicted octanol–water partition coefficient (Wildman–Crippen LogP) is 5.87. The van der Waals surface area contributed by atoms with Crippen molar-refractivity contribution in [1.29, 1.82) is 0 Å². The van der Waals surface area contributed by atoms with Gasteiger partial charge in [0.2, 0.25) is 5.95 Å². The molecule has 0 amide bonds. The maximum Gasteiger partial charge on any atom is 0.224 e. The maximum absolute atomic E-state index is 11.2. The summed E-state index contributed by atoms with van der Waals surface area (Å²) in [7, 11) is 0. The summed E-state index contributed by atoms with van der Waals surface area (Å²) in [5, 5.41) is 19.2. The second kappa shape index (κ2) is 12.4. The first kappa shape index (κ1) is 30.2. The third-order valence-electron chi connectivity index (χ3n) is 9.85. The lowest BCUT2D eigenvalue weighted by Crippen LogP contribution is -2.39. The third-order valence-corrected chi connectivity index (χ3v) is 10.9. The van der Waals surface area contributed by atoms with E-state index in [2.05, 4.69) is 15.6 Å². The highest BCUT2D eigenvalue weighted by Gasteiger charge is 2.56. The number of nitrogens with zero attached hydrogens (tertiary/aromatic N) is 4. The molecule has 7 rings (SSSR count). The van der Waals surface area contributed by atoms with Crippen LogP contribution in [0, 0.1) is 31.6 Å². The number of hydrogen-bond donors (Lipinski definition) is 3. The molecule has 1 saturated heterocycles. The number of nitrogens with one attached hydrogen (secondary N) is 2. The van der Waals surface area contributed by atoms with Gasteiger partial charge in [0.15, 0.2) is 6.29 Å². The van der Waals surface area contributed by atoms with E-state index in [1.165, 1.54) is 32.1 Å². The molecule has 0 aromatic carbocycles. The Labute approximate surface area is 263 Å². The zero-order valence-electron chi connectivity index (χ0n) is 26.3. The lowest BCUT2D eigenvalue weighted by Gasteiger charge is -2.32. The number of fused-ring (bicyclic) bond motifs is 2. The van der Waals surface area contributed by atoms with E-state index in [9.17, 15) is 5.11 Å². The van der Waals surface area contributed by atoms with Crippen molar-refractivity contribution in [3.05, 3.63) is 23.7 Å². The maximum atomic E-state index is 11.2. The Kier molecular flexibility index (Phi) is 8.52. The Hall–Kier alpha value is -2.44. The van der Waals surface area contributed by atoms with Crippen molar-refractivity contribution in [3.8, 4) is 10.6 Å². The van der Waals surface area contributed by atoms with E-state index in [-0.39, 0.29) is 30.5 Å². The first-order valence-electron chi connectivity index (χ1n) is 16.5. The van der Waals surface area contributed by atoms with Gasteiger partial charge in [-0.15, -0.1) is 11.3 Å².